The summed E-state index contributed by atoms with van der Waals surface area (Å²) in [5.74, 6) is -0.520. The molecule has 0 bridgehead atoms. The lowest BCUT2D eigenvalue weighted by Gasteiger charge is -2.32. The van der Waals surface area contributed by atoms with Crippen LogP contribution in [0.4, 0.5) is 0 Å². The van der Waals surface area contributed by atoms with Crippen molar-refractivity contribution in [3.63, 3.8) is 0 Å². The van der Waals surface area contributed by atoms with Crippen molar-refractivity contribution < 1.29 is 22.7 Å². The minimum absolute atomic E-state index is 0.128. The summed E-state index contributed by atoms with van der Waals surface area (Å²) in [5.41, 5.74) is 0. The molecule has 1 N–H and O–H groups in total. The molecule has 0 saturated carbocycles. The third kappa shape index (κ3) is 4.19. The molecular formula is C19H22ClN3O5S2. The Kier molecular flexibility index (Phi) is 6.04. The predicted octanol–water partition coefficient (Wildman–Crippen LogP) is 1.68. The molecule has 1 unspecified atom stereocenters. The Balaban J connectivity index is 1.45. The fraction of sp³-hybridized carbons (Fsp3) is 0.474. The lowest BCUT2D eigenvalue weighted by molar-refractivity contribution is -0.146. The Hall–Kier alpha value is -1.72. The molecule has 2 aliphatic rings. The van der Waals surface area contributed by atoms with Crippen molar-refractivity contribution in [3.05, 3.63) is 29.3 Å². The summed E-state index contributed by atoms with van der Waals surface area (Å²) >= 11 is 7.10. The fourth-order valence-electron chi connectivity index (χ4n) is 3.74. The van der Waals surface area contributed by atoms with Gasteiger partial charge in [0, 0.05) is 29.4 Å². The van der Waals surface area contributed by atoms with Crippen LogP contribution in [0.15, 0.2) is 28.5 Å². The molecule has 0 radical (unpaired) electrons. The van der Waals surface area contributed by atoms with Crippen LogP contribution >= 0.6 is 22.9 Å². The van der Waals surface area contributed by atoms with Crippen LogP contribution < -0.4 is 4.72 Å². The number of nitrogens with one attached hydrogen (secondary N) is 1. The largest absolute Gasteiger partial charge is 0.378 e. The first kappa shape index (κ1) is 21.5. The Labute approximate surface area is 183 Å². The van der Waals surface area contributed by atoms with E-state index in [4.69, 9.17) is 16.3 Å². The van der Waals surface area contributed by atoms with Crippen LogP contribution in [0.1, 0.15) is 13.3 Å². The number of carbonyl (C=O) groups excluding carboxylic acids is 2. The molecule has 2 aromatic rings. The van der Waals surface area contributed by atoms with Gasteiger partial charge in [0.1, 0.15) is 16.3 Å². The average Bonchev–Trinajstić information content (AvgIpc) is 3.31. The number of ether oxygens (including phenoxy) is 1. The van der Waals surface area contributed by atoms with Crippen LogP contribution in [0, 0.1) is 0 Å². The van der Waals surface area contributed by atoms with E-state index >= 15 is 0 Å². The highest BCUT2D eigenvalue weighted by Gasteiger charge is 2.40. The SMILES string of the molecule is CC(C(=O)N1CCOCC1)N1CC[C@H](NS(=O)(=O)c2cc3cc(Cl)ccc3s2)C1=O. The van der Waals surface area contributed by atoms with E-state index < -0.39 is 22.1 Å². The number of likely N-dealkylation sites (tertiary alicyclic amines) is 1. The zero-order chi connectivity index (χ0) is 21.5. The number of rotatable bonds is 5. The van der Waals surface area contributed by atoms with Crippen LogP contribution in [0.5, 0.6) is 0 Å². The molecule has 11 heteroatoms. The number of amides is 2. The van der Waals surface area contributed by atoms with Gasteiger partial charge in [-0.25, -0.2) is 8.42 Å². The molecule has 0 aliphatic carbocycles. The van der Waals surface area contributed by atoms with Crippen molar-refractivity contribution in [1.82, 2.24) is 14.5 Å². The van der Waals surface area contributed by atoms with Gasteiger partial charge in [0.05, 0.1) is 13.2 Å². The first-order chi connectivity index (χ1) is 14.3. The zero-order valence-corrected chi connectivity index (χ0v) is 18.7. The predicted molar refractivity (Wildman–Crippen MR) is 114 cm³/mol. The molecule has 2 aliphatic heterocycles. The second-order valence-electron chi connectivity index (χ2n) is 7.36. The summed E-state index contributed by atoms with van der Waals surface area (Å²) in [6.07, 6.45) is 0.315. The molecule has 1 aromatic carbocycles. The highest BCUT2D eigenvalue weighted by Crippen LogP contribution is 2.31. The van der Waals surface area contributed by atoms with Crippen LogP contribution in [-0.4, -0.2) is 75.0 Å². The van der Waals surface area contributed by atoms with Gasteiger partial charge in [0.2, 0.25) is 11.8 Å². The molecule has 2 fully saturated rings. The van der Waals surface area contributed by atoms with Gasteiger partial charge in [-0.3, -0.25) is 9.59 Å². The number of thiophene rings is 1. The van der Waals surface area contributed by atoms with Crippen molar-refractivity contribution in [3.8, 4) is 0 Å². The van der Waals surface area contributed by atoms with Gasteiger partial charge < -0.3 is 14.5 Å². The van der Waals surface area contributed by atoms with Gasteiger partial charge >= 0.3 is 0 Å². The highest BCUT2D eigenvalue weighted by molar-refractivity contribution is 7.91. The van der Waals surface area contributed by atoms with Crippen LogP contribution in [0.25, 0.3) is 10.1 Å². The topological polar surface area (TPSA) is 96.0 Å². The van der Waals surface area contributed by atoms with E-state index in [9.17, 15) is 18.0 Å². The van der Waals surface area contributed by atoms with Crippen molar-refractivity contribution >= 4 is 54.9 Å². The summed E-state index contributed by atoms with van der Waals surface area (Å²) in [6.45, 7) is 3.96. The third-order valence-electron chi connectivity index (χ3n) is 5.41. The molecular weight excluding hydrogens is 450 g/mol. The molecule has 162 valence electrons. The van der Waals surface area contributed by atoms with E-state index in [1.807, 2.05) is 0 Å². The zero-order valence-electron chi connectivity index (χ0n) is 16.3. The standard InChI is InChI=1S/C19H22ClN3O5S2/c1-12(18(24)22-6-8-28-9-7-22)23-5-4-15(19(23)25)21-30(26,27)17-11-13-10-14(20)2-3-16(13)29-17/h2-3,10-12,15,21H,4-9H2,1H3/t12?,15-/m0/s1. The second-order valence-corrected chi connectivity index (χ2v) is 10.8. The molecule has 2 atom stereocenters. The molecule has 3 heterocycles. The lowest BCUT2D eigenvalue weighted by Crippen LogP contribution is -2.52. The first-order valence-electron chi connectivity index (χ1n) is 9.65. The third-order valence-corrected chi connectivity index (χ3v) is 8.70. The van der Waals surface area contributed by atoms with E-state index in [1.165, 1.54) is 4.90 Å². The summed E-state index contributed by atoms with van der Waals surface area (Å²) < 4.78 is 34.4. The number of hydrogen-bond donors (Lipinski definition) is 1. The molecule has 30 heavy (non-hydrogen) atoms. The van der Waals surface area contributed by atoms with E-state index in [2.05, 4.69) is 4.72 Å². The Bertz CT molecular complexity index is 1080. The maximum atomic E-state index is 12.9. The van der Waals surface area contributed by atoms with E-state index in [0.717, 1.165) is 21.4 Å². The number of halogens is 1. The Morgan fingerprint density at radius 3 is 2.73 bits per heavy atom. The van der Waals surface area contributed by atoms with Gasteiger partial charge in [0.15, 0.2) is 0 Å². The first-order valence-corrected chi connectivity index (χ1v) is 12.3. The molecule has 4 rings (SSSR count). The van der Waals surface area contributed by atoms with E-state index in [0.29, 0.717) is 44.3 Å². The molecule has 1 aromatic heterocycles. The van der Waals surface area contributed by atoms with Crippen molar-refractivity contribution in [2.24, 2.45) is 0 Å². The van der Waals surface area contributed by atoms with Gasteiger partial charge in [-0.05, 0) is 43.0 Å². The van der Waals surface area contributed by atoms with Crippen molar-refractivity contribution in [2.75, 3.05) is 32.8 Å². The number of morpholine rings is 1. The van der Waals surface area contributed by atoms with Crippen LogP contribution in [0.3, 0.4) is 0 Å². The second kappa shape index (κ2) is 8.43. The van der Waals surface area contributed by atoms with Crippen LogP contribution in [0.2, 0.25) is 5.02 Å². The van der Waals surface area contributed by atoms with Crippen molar-refractivity contribution in [2.45, 2.75) is 29.6 Å². The minimum atomic E-state index is -3.88. The lowest BCUT2D eigenvalue weighted by atomic mass is 10.2. The van der Waals surface area contributed by atoms with Gasteiger partial charge in [-0.15, -0.1) is 11.3 Å². The van der Waals surface area contributed by atoms with Gasteiger partial charge in [-0.1, -0.05) is 11.6 Å². The van der Waals surface area contributed by atoms with E-state index in [1.54, 1.807) is 36.1 Å². The summed E-state index contributed by atoms with van der Waals surface area (Å²) in [5, 5.41) is 1.26. The summed E-state index contributed by atoms with van der Waals surface area (Å²) in [6, 6.07) is 5.20. The number of fused-ring (bicyclic) bond motifs is 1. The molecule has 0 spiro atoms. The molecule has 2 saturated heterocycles. The highest BCUT2D eigenvalue weighted by atomic mass is 35.5. The molecule has 8 nitrogen and oxygen atoms in total. The Morgan fingerprint density at radius 2 is 2.00 bits per heavy atom. The maximum absolute atomic E-state index is 12.9. The Morgan fingerprint density at radius 1 is 1.27 bits per heavy atom. The maximum Gasteiger partial charge on any atom is 0.250 e. The summed E-state index contributed by atoms with van der Waals surface area (Å²) in [4.78, 5) is 28.7. The van der Waals surface area contributed by atoms with E-state index in [-0.39, 0.29) is 16.0 Å². The van der Waals surface area contributed by atoms with Crippen LogP contribution in [-0.2, 0) is 24.3 Å². The number of sulfonamides is 1. The van der Waals surface area contributed by atoms with Gasteiger partial charge in [0.25, 0.3) is 10.0 Å². The van der Waals surface area contributed by atoms with Gasteiger partial charge in [-0.2, -0.15) is 4.72 Å². The normalized spacial score (nSPS) is 21.4. The molecule has 2 amide bonds. The number of hydrogen-bond acceptors (Lipinski definition) is 6. The smallest absolute Gasteiger partial charge is 0.250 e. The quantitative estimate of drug-likeness (QED) is 0.715. The number of carbonyl (C=O) groups is 2. The fourth-order valence-corrected chi connectivity index (χ4v) is 6.54. The monoisotopic (exact) mass is 471 g/mol. The van der Waals surface area contributed by atoms with Crippen molar-refractivity contribution in [1.29, 1.82) is 0 Å². The number of benzene rings is 1. The average molecular weight is 472 g/mol. The summed E-state index contributed by atoms with van der Waals surface area (Å²) in [7, 11) is -3.88. The number of nitrogens with zero attached hydrogens (tertiary/aromatic N) is 2. The minimum Gasteiger partial charge on any atom is -0.378 e.